The lowest BCUT2D eigenvalue weighted by Gasteiger charge is -2.25. The zero-order valence-corrected chi connectivity index (χ0v) is 13.8. The van der Waals surface area contributed by atoms with Gasteiger partial charge >= 0.3 is 0 Å². The molecule has 0 bridgehead atoms. The number of halogens is 4. The van der Waals surface area contributed by atoms with Crippen LogP contribution in [-0.4, -0.2) is 5.92 Å². The van der Waals surface area contributed by atoms with Gasteiger partial charge in [-0.25, -0.2) is 13.2 Å². The monoisotopic (exact) mass is 330 g/mol. The Bertz CT molecular complexity index is 551. The van der Waals surface area contributed by atoms with Crippen molar-refractivity contribution in [1.29, 1.82) is 0 Å². The minimum Gasteiger partial charge on any atom is -0.207 e. The average molecular weight is 331 g/mol. The first-order valence-electron chi connectivity index (χ1n) is 7.80. The van der Waals surface area contributed by atoms with Crippen LogP contribution in [0.2, 0.25) is 5.02 Å². The summed E-state index contributed by atoms with van der Waals surface area (Å²) in [6.07, 6.45) is 3.91. The number of benzene rings is 1. The molecule has 1 aromatic rings. The van der Waals surface area contributed by atoms with Crippen molar-refractivity contribution in [2.45, 2.75) is 57.8 Å². The van der Waals surface area contributed by atoms with Crippen molar-refractivity contribution < 1.29 is 13.2 Å². The second kappa shape index (κ2) is 7.08. The Hall–Kier alpha value is -0.960. The summed E-state index contributed by atoms with van der Waals surface area (Å²) in [5.74, 6) is -2.35. The molecule has 1 aliphatic rings. The Labute approximate surface area is 135 Å². The molecule has 4 heteroatoms. The highest BCUT2D eigenvalue weighted by molar-refractivity contribution is 6.30. The van der Waals surface area contributed by atoms with Gasteiger partial charge in [0.05, 0.1) is 5.02 Å². The fourth-order valence-corrected chi connectivity index (χ4v) is 3.12. The first kappa shape index (κ1) is 17.4. The van der Waals surface area contributed by atoms with Crippen molar-refractivity contribution in [1.82, 2.24) is 0 Å². The van der Waals surface area contributed by atoms with Gasteiger partial charge in [0.1, 0.15) is 5.82 Å². The van der Waals surface area contributed by atoms with Gasteiger partial charge in [0.2, 0.25) is 0 Å². The highest BCUT2D eigenvalue weighted by Gasteiger charge is 2.31. The van der Waals surface area contributed by atoms with Crippen LogP contribution in [0, 0.1) is 11.7 Å². The number of rotatable bonds is 5. The van der Waals surface area contributed by atoms with Crippen LogP contribution in [0.4, 0.5) is 13.2 Å². The fraction of sp³-hybridized carbons (Fsp3) is 0.556. The molecular weight excluding hydrogens is 309 g/mol. The van der Waals surface area contributed by atoms with E-state index in [2.05, 4.69) is 13.8 Å². The minimum absolute atomic E-state index is 0.0354. The van der Waals surface area contributed by atoms with Gasteiger partial charge in [-0.3, -0.25) is 0 Å². The van der Waals surface area contributed by atoms with Crippen LogP contribution in [0.25, 0.3) is 0 Å². The van der Waals surface area contributed by atoms with Crippen molar-refractivity contribution in [2.24, 2.45) is 5.92 Å². The average Bonchev–Trinajstić information content (AvgIpc) is 2.47. The van der Waals surface area contributed by atoms with Crippen LogP contribution < -0.4 is 0 Å². The molecule has 0 saturated heterocycles. The van der Waals surface area contributed by atoms with E-state index < -0.39 is 11.7 Å². The Balaban J connectivity index is 1.89. The van der Waals surface area contributed by atoms with Crippen LogP contribution in [-0.2, 0) is 0 Å². The molecule has 2 atom stereocenters. The van der Waals surface area contributed by atoms with E-state index in [1.807, 2.05) is 0 Å². The van der Waals surface area contributed by atoms with Gasteiger partial charge in [0.25, 0.3) is 5.92 Å². The molecule has 2 rings (SSSR count). The van der Waals surface area contributed by atoms with Gasteiger partial charge in [-0.05, 0) is 48.8 Å². The van der Waals surface area contributed by atoms with E-state index in [9.17, 15) is 13.2 Å². The molecular formula is C18H22ClF3. The molecule has 0 heterocycles. The summed E-state index contributed by atoms with van der Waals surface area (Å²) in [6, 6.07) is 4.83. The molecule has 22 heavy (non-hydrogen) atoms. The number of alkyl halides is 2. The van der Waals surface area contributed by atoms with Crippen LogP contribution in [0.1, 0.15) is 57.4 Å². The van der Waals surface area contributed by atoms with Crippen LogP contribution >= 0.6 is 11.6 Å². The lowest BCUT2D eigenvalue weighted by molar-refractivity contribution is -0.00965. The molecule has 2 unspecified atom stereocenters. The van der Waals surface area contributed by atoms with E-state index in [-0.39, 0.29) is 23.8 Å². The number of allylic oxidation sites excluding steroid dienone is 2. The molecule has 0 aliphatic heterocycles. The second-order valence-corrected chi connectivity index (χ2v) is 6.80. The van der Waals surface area contributed by atoms with Gasteiger partial charge < -0.3 is 0 Å². The molecule has 0 N–H and O–H groups in total. The highest BCUT2D eigenvalue weighted by Crippen LogP contribution is 2.37. The molecule has 0 amide bonds. The van der Waals surface area contributed by atoms with E-state index in [0.717, 1.165) is 24.0 Å². The van der Waals surface area contributed by atoms with E-state index in [4.69, 9.17) is 11.6 Å². The van der Waals surface area contributed by atoms with Crippen molar-refractivity contribution in [3.05, 3.63) is 46.3 Å². The zero-order valence-electron chi connectivity index (χ0n) is 13.0. The maximum absolute atomic E-state index is 13.2. The lowest BCUT2D eigenvalue weighted by Crippen LogP contribution is -2.20. The molecule has 0 nitrogen and oxygen atoms in total. The summed E-state index contributed by atoms with van der Waals surface area (Å²) in [7, 11) is 0. The molecule has 122 valence electrons. The van der Waals surface area contributed by atoms with E-state index in [1.54, 1.807) is 18.2 Å². The predicted molar refractivity (Wildman–Crippen MR) is 85.1 cm³/mol. The molecule has 0 aromatic heterocycles. The third-order valence-electron chi connectivity index (χ3n) is 4.62. The Morgan fingerprint density at radius 1 is 1.18 bits per heavy atom. The normalized spacial score (nSPS) is 20.4. The third kappa shape index (κ3) is 4.52. The van der Waals surface area contributed by atoms with Crippen LogP contribution in [0.3, 0.4) is 0 Å². The largest absolute Gasteiger partial charge is 0.251 e. The first-order chi connectivity index (χ1) is 10.3. The molecule has 0 radical (unpaired) electrons. The Morgan fingerprint density at radius 2 is 1.86 bits per heavy atom. The van der Waals surface area contributed by atoms with E-state index in [1.165, 1.54) is 6.07 Å². The Kier molecular flexibility index (Phi) is 5.60. The smallest absolute Gasteiger partial charge is 0.207 e. The number of hydrogen-bond acceptors (Lipinski definition) is 0. The molecule has 0 fully saturated rings. The third-order valence-corrected chi connectivity index (χ3v) is 4.91. The van der Waals surface area contributed by atoms with Crippen molar-refractivity contribution in [3.63, 3.8) is 0 Å². The highest BCUT2D eigenvalue weighted by atomic mass is 35.5. The Morgan fingerprint density at radius 3 is 2.45 bits per heavy atom. The predicted octanol–water partition coefficient (Wildman–Crippen LogP) is 6.74. The van der Waals surface area contributed by atoms with Gasteiger partial charge in [0, 0.05) is 12.8 Å². The zero-order chi connectivity index (χ0) is 16.3. The van der Waals surface area contributed by atoms with E-state index >= 15 is 0 Å². The fourth-order valence-electron chi connectivity index (χ4n) is 2.93. The maximum Gasteiger partial charge on any atom is 0.251 e. The summed E-state index contributed by atoms with van der Waals surface area (Å²) >= 11 is 5.81. The van der Waals surface area contributed by atoms with Gasteiger partial charge in [0.15, 0.2) is 0 Å². The van der Waals surface area contributed by atoms with Gasteiger partial charge in [-0.1, -0.05) is 43.2 Å². The lowest BCUT2D eigenvalue weighted by atomic mass is 9.84. The summed E-state index contributed by atoms with van der Waals surface area (Å²) in [5.41, 5.74) is 2.16. The van der Waals surface area contributed by atoms with Gasteiger partial charge in [-0.2, -0.15) is 0 Å². The molecule has 0 saturated carbocycles. The first-order valence-corrected chi connectivity index (χ1v) is 8.18. The summed E-state index contributed by atoms with van der Waals surface area (Å²) in [6.45, 7) is 4.18. The molecule has 1 aromatic carbocycles. The number of hydrogen-bond donors (Lipinski definition) is 0. The van der Waals surface area contributed by atoms with Gasteiger partial charge in [-0.15, -0.1) is 0 Å². The minimum atomic E-state index is -2.53. The quantitative estimate of drug-likeness (QED) is 0.524. The van der Waals surface area contributed by atoms with Crippen molar-refractivity contribution in [3.8, 4) is 0 Å². The summed E-state index contributed by atoms with van der Waals surface area (Å²) in [4.78, 5) is 0. The second-order valence-electron chi connectivity index (χ2n) is 6.39. The summed E-state index contributed by atoms with van der Waals surface area (Å²) < 4.78 is 39.5. The van der Waals surface area contributed by atoms with E-state index in [0.29, 0.717) is 12.3 Å². The van der Waals surface area contributed by atoms with Crippen LogP contribution in [0.5, 0.6) is 0 Å². The van der Waals surface area contributed by atoms with Crippen LogP contribution in [0.15, 0.2) is 29.8 Å². The van der Waals surface area contributed by atoms with Crippen molar-refractivity contribution >= 4 is 11.6 Å². The standard InChI is InChI=1S/C18H22ClF3/c1-12(14-7-9-18(21,22)10-8-14)3-4-13(2)15-5-6-17(20)16(19)11-15/h5-7,11-13H,3-4,8-10H2,1-2H3. The topological polar surface area (TPSA) is 0 Å². The maximum atomic E-state index is 13.2. The summed E-state index contributed by atoms with van der Waals surface area (Å²) in [5, 5.41) is 0.148. The molecule has 0 spiro atoms. The SMILES string of the molecule is CC(CCC(C)c1ccc(F)c(Cl)c1)C1=CCC(F)(F)CC1. The van der Waals surface area contributed by atoms with Crippen molar-refractivity contribution in [2.75, 3.05) is 0 Å². The molecule has 1 aliphatic carbocycles.